The van der Waals surface area contributed by atoms with Crippen LogP contribution in [0.3, 0.4) is 0 Å². The summed E-state index contributed by atoms with van der Waals surface area (Å²) in [5.74, 6) is 0.417. The Bertz CT molecular complexity index is 1330. The van der Waals surface area contributed by atoms with Crippen molar-refractivity contribution in [1.29, 1.82) is 5.26 Å². The summed E-state index contributed by atoms with van der Waals surface area (Å²) in [6.45, 7) is 1.97. The van der Waals surface area contributed by atoms with E-state index >= 15 is 0 Å². The molecule has 0 radical (unpaired) electrons. The molecule has 2 aromatic heterocycles. The predicted molar refractivity (Wildman–Crippen MR) is 119 cm³/mol. The molecule has 0 aliphatic heterocycles. The largest absolute Gasteiger partial charge is 0.480 e. The molecule has 0 aliphatic rings. The number of nitriles is 1. The zero-order valence-electron chi connectivity index (χ0n) is 17.3. The monoisotopic (exact) mass is 412 g/mol. The maximum Gasteiger partial charge on any atom is 0.319 e. The molecule has 0 fully saturated rings. The number of pyridine rings is 1. The van der Waals surface area contributed by atoms with E-state index in [9.17, 15) is 5.26 Å². The number of hydrogen-bond donors (Lipinski definition) is 2. The predicted octanol–water partition coefficient (Wildman–Crippen LogP) is 4.21. The van der Waals surface area contributed by atoms with Crippen molar-refractivity contribution in [2.45, 2.75) is 6.92 Å². The Morgan fingerprint density at radius 2 is 1.87 bits per heavy atom. The minimum Gasteiger partial charge on any atom is -0.480 e. The fourth-order valence-corrected chi connectivity index (χ4v) is 3.36. The lowest BCUT2D eigenvalue weighted by Crippen LogP contribution is -1.99. The number of ether oxygens (including phenoxy) is 2. The number of nitrogens with zero attached hydrogens (tertiary/aromatic N) is 4. The highest BCUT2D eigenvalue weighted by Crippen LogP contribution is 2.34. The third kappa shape index (κ3) is 3.89. The van der Waals surface area contributed by atoms with Gasteiger partial charge in [0.25, 0.3) is 0 Å². The van der Waals surface area contributed by atoms with E-state index in [1.165, 1.54) is 7.11 Å². The normalized spacial score (nSPS) is 10.5. The van der Waals surface area contributed by atoms with Gasteiger partial charge < -0.3 is 20.5 Å². The van der Waals surface area contributed by atoms with Gasteiger partial charge in [-0.15, -0.1) is 0 Å². The molecule has 0 saturated carbocycles. The lowest BCUT2D eigenvalue weighted by atomic mass is 10.0. The van der Waals surface area contributed by atoms with Crippen LogP contribution in [-0.2, 0) is 0 Å². The summed E-state index contributed by atoms with van der Waals surface area (Å²) in [5, 5.41) is 13.5. The molecular formula is C23H20N6O2. The number of nitrogens with one attached hydrogen (secondary N) is 1. The number of methoxy groups -OCH3 is 2. The third-order valence-corrected chi connectivity index (χ3v) is 4.83. The van der Waals surface area contributed by atoms with E-state index in [2.05, 4.69) is 26.3 Å². The van der Waals surface area contributed by atoms with Crippen LogP contribution >= 0.6 is 0 Å². The minimum atomic E-state index is 0.237. The van der Waals surface area contributed by atoms with Gasteiger partial charge in [0, 0.05) is 29.2 Å². The Kier molecular flexibility index (Phi) is 5.24. The lowest BCUT2D eigenvalue weighted by molar-refractivity contribution is 0.353. The van der Waals surface area contributed by atoms with Crippen LogP contribution in [0.1, 0.15) is 11.1 Å². The van der Waals surface area contributed by atoms with Crippen molar-refractivity contribution in [3.63, 3.8) is 0 Å². The molecule has 0 atom stereocenters. The fourth-order valence-electron chi connectivity index (χ4n) is 3.36. The van der Waals surface area contributed by atoms with Crippen LogP contribution in [0.5, 0.6) is 11.9 Å². The SMILES string of the molecule is COc1ncc(-c2ccc3c(Nc4cc(N)cc(C#N)c4)c(C)cnc3c2)c(OC)n1. The van der Waals surface area contributed by atoms with Crippen molar-refractivity contribution in [3.8, 4) is 29.1 Å². The van der Waals surface area contributed by atoms with Crippen molar-refractivity contribution in [3.05, 3.63) is 59.9 Å². The molecule has 0 unspecified atom stereocenters. The average molecular weight is 412 g/mol. The number of fused-ring (bicyclic) bond motifs is 1. The van der Waals surface area contributed by atoms with Gasteiger partial charge in [-0.3, -0.25) is 4.98 Å². The molecule has 154 valence electrons. The van der Waals surface area contributed by atoms with E-state index in [1.54, 1.807) is 37.7 Å². The first-order valence-corrected chi connectivity index (χ1v) is 9.45. The van der Waals surface area contributed by atoms with Gasteiger partial charge in [-0.25, -0.2) is 4.98 Å². The van der Waals surface area contributed by atoms with Crippen molar-refractivity contribution in [1.82, 2.24) is 15.0 Å². The van der Waals surface area contributed by atoms with E-state index < -0.39 is 0 Å². The van der Waals surface area contributed by atoms with Crippen molar-refractivity contribution in [2.75, 3.05) is 25.3 Å². The molecule has 0 bridgehead atoms. The van der Waals surface area contributed by atoms with Crippen molar-refractivity contribution in [2.24, 2.45) is 0 Å². The Morgan fingerprint density at radius 3 is 2.61 bits per heavy atom. The molecule has 0 saturated heterocycles. The highest BCUT2D eigenvalue weighted by Gasteiger charge is 2.13. The zero-order chi connectivity index (χ0) is 22.0. The van der Waals surface area contributed by atoms with Crippen LogP contribution in [0.4, 0.5) is 17.1 Å². The second-order valence-corrected chi connectivity index (χ2v) is 6.91. The Hall–Kier alpha value is -4.38. The van der Waals surface area contributed by atoms with Crippen LogP contribution in [0, 0.1) is 18.3 Å². The van der Waals surface area contributed by atoms with Crippen LogP contribution in [0.25, 0.3) is 22.0 Å². The first-order valence-electron chi connectivity index (χ1n) is 9.45. The molecule has 3 N–H and O–H groups in total. The first kappa shape index (κ1) is 19.9. The van der Waals surface area contributed by atoms with Gasteiger partial charge in [-0.1, -0.05) is 12.1 Å². The number of rotatable bonds is 5. The number of benzene rings is 2. The van der Waals surface area contributed by atoms with Gasteiger partial charge in [0.1, 0.15) is 0 Å². The quantitative estimate of drug-likeness (QED) is 0.468. The van der Waals surface area contributed by atoms with Gasteiger partial charge in [0.15, 0.2) is 0 Å². The van der Waals surface area contributed by atoms with Crippen LogP contribution in [-0.4, -0.2) is 29.2 Å². The molecule has 31 heavy (non-hydrogen) atoms. The van der Waals surface area contributed by atoms with Crippen LogP contribution < -0.4 is 20.5 Å². The summed E-state index contributed by atoms with van der Waals surface area (Å²) >= 11 is 0. The van der Waals surface area contributed by atoms with Gasteiger partial charge in [-0.05, 0) is 42.3 Å². The lowest BCUT2D eigenvalue weighted by Gasteiger charge is -2.14. The summed E-state index contributed by atoms with van der Waals surface area (Å²) < 4.78 is 10.5. The van der Waals surface area contributed by atoms with E-state index in [1.807, 2.05) is 25.1 Å². The Morgan fingerprint density at radius 1 is 1.03 bits per heavy atom. The van der Waals surface area contributed by atoms with Crippen LogP contribution in [0.2, 0.25) is 0 Å². The smallest absolute Gasteiger partial charge is 0.319 e. The Labute approximate surface area is 179 Å². The number of nitrogens with two attached hydrogens (primary N) is 1. The third-order valence-electron chi connectivity index (χ3n) is 4.83. The average Bonchev–Trinajstić information content (AvgIpc) is 2.79. The molecule has 0 aliphatic carbocycles. The van der Waals surface area contributed by atoms with E-state index in [4.69, 9.17) is 15.2 Å². The maximum absolute atomic E-state index is 9.22. The van der Waals surface area contributed by atoms with Gasteiger partial charge in [0.2, 0.25) is 5.88 Å². The number of aryl methyl sites for hydroxylation is 1. The molecule has 0 spiro atoms. The standard InChI is InChI=1S/C23H20N6O2/c1-13-11-26-20-8-15(19-12-27-23(31-3)29-22(19)30-2)4-5-18(20)21(13)28-17-7-14(10-24)6-16(25)9-17/h4-9,11-12H,25H2,1-3H3,(H,26,28). The number of aromatic nitrogens is 3. The highest BCUT2D eigenvalue weighted by molar-refractivity contribution is 5.97. The van der Waals surface area contributed by atoms with E-state index in [-0.39, 0.29) is 6.01 Å². The first-order chi connectivity index (χ1) is 15.0. The molecule has 8 nitrogen and oxygen atoms in total. The summed E-state index contributed by atoms with van der Waals surface area (Å²) in [4.78, 5) is 13.0. The summed E-state index contributed by atoms with van der Waals surface area (Å²) in [7, 11) is 3.06. The number of nitrogen functional groups attached to an aromatic ring is 1. The highest BCUT2D eigenvalue weighted by atomic mass is 16.5. The number of hydrogen-bond acceptors (Lipinski definition) is 8. The van der Waals surface area contributed by atoms with Gasteiger partial charge >= 0.3 is 6.01 Å². The summed E-state index contributed by atoms with van der Waals surface area (Å²) in [6.07, 6.45) is 3.46. The minimum absolute atomic E-state index is 0.237. The molecule has 4 rings (SSSR count). The van der Waals surface area contributed by atoms with Crippen molar-refractivity contribution < 1.29 is 9.47 Å². The molecule has 8 heteroatoms. The fraction of sp³-hybridized carbons (Fsp3) is 0.130. The summed E-state index contributed by atoms with van der Waals surface area (Å²) in [5.41, 5.74) is 11.9. The molecule has 4 aromatic rings. The second kappa shape index (κ2) is 8.16. The molecule has 0 amide bonds. The molecule has 2 aromatic carbocycles. The Balaban J connectivity index is 1.79. The molecule has 2 heterocycles. The van der Waals surface area contributed by atoms with E-state index in [0.717, 1.165) is 39.0 Å². The maximum atomic E-state index is 9.22. The summed E-state index contributed by atoms with van der Waals surface area (Å²) in [6, 6.07) is 13.4. The van der Waals surface area contributed by atoms with E-state index in [0.29, 0.717) is 17.1 Å². The number of anilines is 3. The molecular weight excluding hydrogens is 392 g/mol. The van der Waals surface area contributed by atoms with Crippen molar-refractivity contribution >= 4 is 28.0 Å². The van der Waals surface area contributed by atoms with Gasteiger partial charge in [-0.2, -0.15) is 10.2 Å². The zero-order valence-corrected chi connectivity index (χ0v) is 17.3. The second-order valence-electron chi connectivity index (χ2n) is 6.91. The topological polar surface area (TPSA) is 119 Å². The van der Waals surface area contributed by atoms with Crippen LogP contribution in [0.15, 0.2) is 48.8 Å². The van der Waals surface area contributed by atoms with Gasteiger partial charge in [0.05, 0.1) is 42.6 Å².